The van der Waals surface area contributed by atoms with Crippen LogP contribution in [-0.2, 0) is 4.79 Å². The minimum Gasteiger partial charge on any atom is -0.368 e. The Labute approximate surface area is 106 Å². The maximum atomic E-state index is 11.8. The summed E-state index contributed by atoms with van der Waals surface area (Å²) in [5.41, 5.74) is 5.12. The highest BCUT2D eigenvalue weighted by Gasteiger charge is 2.27. The first-order valence-electron chi connectivity index (χ1n) is 4.62. The van der Waals surface area contributed by atoms with Crippen molar-refractivity contribution in [3.8, 4) is 0 Å². The Hall–Kier alpha value is -0.880. The Kier molecular flexibility index (Phi) is 3.75. The topological polar surface area (TPSA) is 72.2 Å². The number of nitrogens with one attached hydrogen (secondary N) is 1. The molecule has 0 atom stereocenters. The van der Waals surface area contributed by atoms with Gasteiger partial charge in [-0.1, -0.05) is 0 Å². The zero-order valence-electron chi connectivity index (χ0n) is 9.26. The molecule has 0 aliphatic heterocycles. The lowest BCUT2D eigenvalue weighted by Gasteiger charge is -2.21. The van der Waals surface area contributed by atoms with Crippen LogP contribution >= 0.6 is 27.3 Å². The van der Waals surface area contributed by atoms with Gasteiger partial charge >= 0.3 is 0 Å². The maximum absolute atomic E-state index is 11.8. The molecule has 16 heavy (non-hydrogen) atoms. The molecular formula is C10H13BrN2O2S. The molecular weight excluding hydrogens is 292 g/mol. The molecule has 0 aromatic carbocycles. The van der Waals surface area contributed by atoms with Gasteiger partial charge in [0.2, 0.25) is 5.91 Å². The van der Waals surface area contributed by atoms with E-state index in [0.29, 0.717) is 4.88 Å². The molecule has 0 fully saturated rings. The number of amides is 2. The zero-order chi connectivity index (χ0) is 12.5. The van der Waals surface area contributed by atoms with E-state index >= 15 is 0 Å². The first-order chi connectivity index (χ1) is 7.24. The quantitative estimate of drug-likeness (QED) is 0.894. The molecule has 88 valence electrons. The predicted molar refractivity (Wildman–Crippen MR) is 67.5 cm³/mol. The van der Waals surface area contributed by atoms with Gasteiger partial charge in [-0.2, -0.15) is 0 Å². The lowest BCUT2D eigenvalue weighted by molar-refractivity contribution is -0.122. The lowest BCUT2D eigenvalue weighted by Crippen LogP contribution is -2.52. The van der Waals surface area contributed by atoms with Gasteiger partial charge in [0, 0.05) is 0 Å². The third kappa shape index (κ3) is 2.82. The van der Waals surface area contributed by atoms with E-state index in [1.165, 1.54) is 11.3 Å². The molecule has 0 saturated heterocycles. The van der Waals surface area contributed by atoms with Crippen LogP contribution < -0.4 is 11.1 Å². The monoisotopic (exact) mass is 304 g/mol. The minimum absolute atomic E-state index is 0.289. The Morgan fingerprint density at radius 2 is 2.06 bits per heavy atom. The van der Waals surface area contributed by atoms with Gasteiger partial charge in [0.05, 0.1) is 8.66 Å². The van der Waals surface area contributed by atoms with Crippen LogP contribution in [0.1, 0.15) is 29.1 Å². The van der Waals surface area contributed by atoms with E-state index in [1.54, 1.807) is 19.9 Å². The molecule has 1 aromatic rings. The number of halogens is 1. The molecule has 1 aromatic heterocycles. The van der Waals surface area contributed by atoms with Crippen LogP contribution in [0, 0.1) is 6.92 Å². The van der Waals surface area contributed by atoms with E-state index in [-0.39, 0.29) is 5.91 Å². The number of nitrogens with two attached hydrogens (primary N) is 1. The molecule has 0 aliphatic rings. The number of carbonyl (C=O) groups excluding carboxylic acids is 2. The van der Waals surface area contributed by atoms with Gasteiger partial charge in [-0.05, 0) is 48.3 Å². The highest BCUT2D eigenvalue weighted by Crippen LogP contribution is 2.27. The smallest absolute Gasteiger partial charge is 0.262 e. The number of rotatable bonds is 3. The fraction of sp³-hybridized carbons (Fsp3) is 0.400. The first kappa shape index (κ1) is 13.2. The van der Waals surface area contributed by atoms with Crippen LogP contribution in [0.4, 0.5) is 0 Å². The van der Waals surface area contributed by atoms with Crippen molar-refractivity contribution in [2.45, 2.75) is 26.3 Å². The highest BCUT2D eigenvalue weighted by molar-refractivity contribution is 9.11. The average molecular weight is 305 g/mol. The van der Waals surface area contributed by atoms with Gasteiger partial charge in [-0.15, -0.1) is 11.3 Å². The Bertz CT molecular complexity index is 421. The van der Waals surface area contributed by atoms with Crippen LogP contribution in [0.15, 0.2) is 9.85 Å². The van der Waals surface area contributed by atoms with E-state index in [0.717, 1.165) is 9.35 Å². The van der Waals surface area contributed by atoms with Crippen LogP contribution in [0.25, 0.3) is 0 Å². The van der Waals surface area contributed by atoms with Crippen molar-refractivity contribution >= 4 is 39.1 Å². The molecule has 4 nitrogen and oxygen atoms in total. The van der Waals surface area contributed by atoms with Crippen LogP contribution in [-0.4, -0.2) is 17.4 Å². The van der Waals surface area contributed by atoms with Crippen molar-refractivity contribution in [3.63, 3.8) is 0 Å². The average Bonchev–Trinajstić information content (AvgIpc) is 2.46. The summed E-state index contributed by atoms with van der Waals surface area (Å²) < 4.78 is 0.912. The molecule has 1 heterocycles. The molecule has 2 amide bonds. The summed E-state index contributed by atoms with van der Waals surface area (Å²) in [7, 11) is 0. The van der Waals surface area contributed by atoms with Crippen molar-refractivity contribution in [2.75, 3.05) is 0 Å². The number of thiophene rings is 1. The molecule has 1 rings (SSSR count). The Balaban J connectivity index is 2.84. The number of primary amides is 1. The van der Waals surface area contributed by atoms with Gasteiger partial charge < -0.3 is 11.1 Å². The number of carbonyl (C=O) groups is 2. The highest BCUT2D eigenvalue weighted by atomic mass is 79.9. The van der Waals surface area contributed by atoms with Gasteiger partial charge in [-0.25, -0.2) is 0 Å². The number of aryl methyl sites for hydroxylation is 1. The predicted octanol–water partition coefficient (Wildman–Crippen LogP) is 1.81. The summed E-state index contributed by atoms with van der Waals surface area (Å²) in [5.74, 6) is -0.851. The summed E-state index contributed by atoms with van der Waals surface area (Å²) in [4.78, 5) is 23.4. The SMILES string of the molecule is Cc1cc(C(=O)NC(C)(C)C(N)=O)sc1Br. The van der Waals surface area contributed by atoms with Crippen LogP contribution in [0.2, 0.25) is 0 Å². The Morgan fingerprint density at radius 1 is 1.50 bits per heavy atom. The number of hydrogen-bond donors (Lipinski definition) is 2. The normalized spacial score (nSPS) is 11.2. The molecule has 0 spiro atoms. The third-order valence-electron chi connectivity index (χ3n) is 2.12. The van der Waals surface area contributed by atoms with Crippen molar-refractivity contribution in [1.82, 2.24) is 5.32 Å². The zero-order valence-corrected chi connectivity index (χ0v) is 11.7. The largest absolute Gasteiger partial charge is 0.368 e. The molecule has 3 N–H and O–H groups in total. The number of hydrogen-bond acceptors (Lipinski definition) is 3. The Morgan fingerprint density at radius 3 is 2.44 bits per heavy atom. The fourth-order valence-electron chi connectivity index (χ4n) is 0.979. The maximum Gasteiger partial charge on any atom is 0.262 e. The second-order valence-corrected chi connectivity index (χ2v) is 6.38. The second kappa shape index (κ2) is 4.55. The molecule has 0 radical (unpaired) electrons. The lowest BCUT2D eigenvalue weighted by atomic mass is 10.1. The van der Waals surface area contributed by atoms with E-state index in [1.807, 2.05) is 6.92 Å². The van der Waals surface area contributed by atoms with E-state index in [9.17, 15) is 9.59 Å². The van der Waals surface area contributed by atoms with Crippen molar-refractivity contribution in [1.29, 1.82) is 0 Å². The van der Waals surface area contributed by atoms with Crippen LogP contribution in [0.3, 0.4) is 0 Å². The first-order valence-corrected chi connectivity index (χ1v) is 6.23. The standard InChI is InChI=1S/C10H13BrN2O2S/c1-5-4-6(16-7(5)11)8(14)13-10(2,3)9(12)15/h4H,1-3H3,(H2,12,15)(H,13,14). The summed E-state index contributed by atoms with van der Waals surface area (Å²) >= 11 is 4.67. The second-order valence-electron chi connectivity index (χ2n) is 4.01. The van der Waals surface area contributed by atoms with Gasteiger partial charge in [0.25, 0.3) is 5.91 Å². The van der Waals surface area contributed by atoms with Crippen molar-refractivity contribution in [2.24, 2.45) is 5.73 Å². The molecule has 0 saturated carbocycles. The van der Waals surface area contributed by atoms with Crippen molar-refractivity contribution in [3.05, 3.63) is 20.3 Å². The fourth-order valence-corrected chi connectivity index (χ4v) is 2.41. The van der Waals surface area contributed by atoms with E-state index in [2.05, 4.69) is 21.2 Å². The van der Waals surface area contributed by atoms with E-state index < -0.39 is 11.4 Å². The summed E-state index contributed by atoms with van der Waals surface area (Å²) in [6.45, 7) is 5.04. The van der Waals surface area contributed by atoms with Gasteiger partial charge in [0.15, 0.2) is 0 Å². The molecule has 0 bridgehead atoms. The van der Waals surface area contributed by atoms with Crippen molar-refractivity contribution < 1.29 is 9.59 Å². The molecule has 0 aliphatic carbocycles. The molecule has 6 heteroatoms. The summed E-state index contributed by atoms with van der Waals surface area (Å²) in [5, 5.41) is 2.59. The summed E-state index contributed by atoms with van der Waals surface area (Å²) in [6.07, 6.45) is 0. The summed E-state index contributed by atoms with van der Waals surface area (Å²) in [6, 6.07) is 1.77. The van der Waals surface area contributed by atoms with Gasteiger partial charge in [-0.3, -0.25) is 9.59 Å². The third-order valence-corrected chi connectivity index (χ3v) is 4.26. The minimum atomic E-state index is -1.04. The van der Waals surface area contributed by atoms with E-state index in [4.69, 9.17) is 5.73 Å². The van der Waals surface area contributed by atoms with Gasteiger partial charge in [0.1, 0.15) is 5.54 Å². The van der Waals surface area contributed by atoms with Crippen LogP contribution in [0.5, 0.6) is 0 Å². The molecule has 0 unspecified atom stereocenters.